The van der Waals surface area contributed by atoms with E-state index < -0.39 is 0 Å². The predicted octanol–water partition coefficient (Wildman–Crippen LogP) is 2.14. The van der Waals surface area contributed by atoms with E-state index >= 15 is 0 Å². The van der Waals surface area contributed by atoms with Crippen molar-refractivity contribution in [2.24, 2.45) is 0 Å². The second kappa shape index (κ2) is 6.41. The molecule has 3 aromatic rings. The molecular formula is C19H22N6O. The number of rotatable bonds is 2. The fourth-order valence-corrected chi connectivity index (χ4v) is 4.16. The average Bonchev–Trinajstić information content (AvgIpc) is 3.09. The molecule has 7 heteroatoms. The topological polar surface area (TPSA) is 77.8 Å². The lowest BCUT2D eigenvalue weighted by atomic mass is 9.82. The number of nitrogens with one attached hydrogen (secondary N) is 1. The minimum absolute atomic E-state index is 0.331. The van der Waals surface area contributed by atoms with E-state index in [1.165, 1.54) is 0 Å². The molecule has 26 heavy (non-hydrogen) atoms. The maximum atomic E-state index is 5.91. The molecule has 1 aromatic carbocycles. The van der Waals surface area contributed by atoms with Gasteiger partial charge in [0.1, 0.15) is 11.6 Å². The molecule has 2 fully saturated rings. The molecule has 0 spiro atoms. The average molecular weight is 350 g/mol. The summed E-state index contributed by atoms with van der Waals surface area (Å²) < 4.78 is 7.79. The molecule has 1 saturated carbocycles. The molecule has 1 aliphatic carbocycles. The first-order valence-electron chi connectivity index (χ1n) is 9.28. The predicted molar refractivity (Wildman–Crippen MR) is 97.3 cm³/mol. The first kappa shape index (κ1) is 15.8. The van der Waals surface area contributed by atoms with Gasteiger partial charge < -0.3 is 10.1 Å². The summed E-state index contributed by atoms with van der Waals surface area (Å²) in [4.78, 5) is 14.0. The van der Waals surface area contributed by atoms with E-state index in [-0.39, 0.29) is 0 Å². The number of para-hydroxylation sites is 2. The Bertz CT molecular complexity index is 939. The number of nitrogens with zero attached hydrogens (tertiary/aromatic N) is 5. The number of morpholine rings is 1. The number of benzene rings is 1. The quantitative estimate of drug-likeness (QED) is 0.763. The van der Waals surface area contributed by atoms with Crippen LogP contribution >= 0.6 is 0 Å². The molecule has 3 atom stereocenters. The first-order valence-corrected chi connectivity index (χ1v) is 9.28. The lowest BCUT2D eigenvalue weighted by Gasteiger charge is -2.39. The van der Waals surface area contributed by atoms with Gasteiger partial charge in [-0.3, -0.25) is 4.98 Å². The first-order chi connectivity index (χ1) is 12.8. The van der Waals surface area contributed by atoms with Crippen molar-refractivity contribution in [1.29, 1.82) is 0 Å². The van der Waals surface area contributed by atoms with Gasteiger partial charge in [-0.1, -0.05) is 12.1 Å². The summed E-state index contributed by atoms with van der Waals surface area (Å²) in [6, 6.07) is 8.29. The largest absolute Gasteiger partial charge is 0.375 e. The van der Waals surface area contributed by atoms with Crippen molar-refractivity contribution < 1.29 is 4.74 Å². The van der Waals surface area contributed by atoms with Crippen LogP contribution in [0.1, 0.15) is 36.8 Å². The molecule has 1 aliphatic heterocycles. The Balaban J connectivity index is 1.50. The molecule has 0 amide bonds. The summed E-state index contributed by atoms with van der Waals surface area (Å²) in [5.74, 6) is 2.83. The Morgan fingerprint density at radius 2 is 2.04 bits per heavy atom. The van der Waals surface area contributed by atoms with E-state index in [1.807, 2.05) is 35.9 Å². The Morgan fingerprint density at radius 3 is 2.96 bits per heavy atom. The van der Waals surface area contributed by atoms with E-state index in [0.717, 1.165) is 60.9 Å². The number of ether oxygens (including phenoxy) is 1. The molecule has 0 bridgehead atoms. The van der Waals surface area contributed by atoms with Crippen LogP contribution in [0.3, 0.4) is 0 Å². The van der Waals surface area contributed by atoms with Crippen LogP contribution in [-0.2, 0) is 4.74 Å². The molecule has 0 radical (unpaired) electrons. The van der Waals surface area contributed by atoms with Gasteiger partial charge in [-0.15, -0.1) is 5.10 Å². The van der Waals surface area contributed by atoms with Gasteiger partial charge in [-0.2, -0.15) is 4.68 Å². The highest BCUT2D eigenvalue weighted by Crippen LogP contribution is 2.35. The zero-order valence-corrected chi connectivity index (χ0v) is 14.8. The van der Waals surface area contributed by atoms with Gasteiger partial charge in [0, 0.05) is 18.5 Å². The normalized spacial score (nSPS) is 26.0. The number of hydrogen-bond acceptors (Lipinski definition) is 6. The Kier molecular flexibility index (Phi) is 3.90. The molecule has 7 nitrogen and oxygen atoms in total. The third kappa shape index (κ3) is 2.77. The summed E-state index contributed by atoms with van der Waals surface area (Å²) in [6.07, 6.45) is 5.25. The molecule has 0 unspecified atom stereocenters. The number of aryl methyl sites for hydroxylation is 1. The van der Waals surface area contributed by atoms with E-state index in [4.69, 9.17) is 14.7 Å². The highest BCUT2D eigenvalue weighted by atomic mass is 16.5. The molecular weight excluding hydrogens is 328 g/mol. The maximum absolute atomic E-state index is 5.91. The summed E-state index contributed by atoms with van der Waals surface area (Å²) in [7, 11) is 0. The van der Waals surface area contributed by atoms with Crippen LogP contribution in [0.2, 0.25) is 0 Å². The van der Waals surface area contributed by atoms with Crippen LogP contribution in [0.25, 0.3) is 16.9 Å². The Labute approximate surface area is 151 Å². The smallest absolute Gasteiger partial charge is 0.174 e. The van der Waals surface area contributed by atoms with Crippen LogP contribution in [0.15, 0.2) is 30.5 Å². The van der Waals surface area contributed by atoms with Crippen molar-refractivity contribution in [3.8, 4) is 5.82 Å². The third-order valence-corrected chi connectivity index (χ3v) is 5.38. The van der Waals surface area contributed by atoms with Crippen LogP contribution in [0.5, 0.6) is 0 Å². The van der Waals surface area contributed by atoms with Crippen LogP contribution < -0.4 is 5.32 Å². The lowest BCUT2D eigenvalue weighted by molar-refractivity contribution is -0.0281. The third-order valence-electron chi connectivity index (χ3n) is 5.38. The molecule has 1 saturated heterocycles. The summed E-state index contributed by atoms with van der Waals surface area (Å²) in [5, 5.41) is 8.22. The fraction of sp³-hybridized carbons (Fsp3) is 0.474. The Hall–Kier alpha value is -2.38. The summed E-state index contributed by atoms with van der Waals surface area (Å²) in [5.41, 5.74) is 1.76. The number of fused-ring (bicyclic) bond motifs is 2. The monoisotopic (exact) mass is 350 g/mol. The molecule has 2 aromatic heterocycles. The summed E-state index contributed by atoms with van der Waals surface area (Å²) in [6.45, 7) is 3.67. The van der Waals surface area contributed by atoms with Gasteiger partial charge in [-0.25, -0.2) is 9.97 Å². The van der Waals surface area contributed by atoms with Crippen molar-refractivity contribution in [3.63, 3.8) is 0 Å². The lowest BCUT2D eigenvalue weighted by Crippen LogP contribution is -2.51. The summed E-state index contributed by atoms with van der Waals surface area (Å²) >= 11 is 0. The van der Waals surface area contributed by atoms with Gasteiger partial charge in [0.25, 0.3) is 0 Å². The molecule has 5 rings (SSSR count). The minimum atomic E-state index is 0.331. The van der Waals surface area contributed by atoms with Crippen molar-refractivity contribution >= 4 is 11.0 Å². The van der Waals surface area contributed by atoms with E-state index in [2.05, 4.69) is 15.4 Å². The Morgan fingerprint density at radius 1 is 1.15 bits per heavy atom. The minimum Gasteiger partial charge on any atom is -0.375 e. The molecule has 2 aliphatic rings. The van der Waals surface area contributed by atoms with Crippen molar-refractivity contribution in [3.05, 3.63) is 42.1 Å². The second-order valence-corrected chi connectivity index (χ2v) is 7.13. The van der Waals surface area contributed by atoms with Crippen LogP contribution in [-0.4, -0.2) is 50.0 Å². The van der Waals surface area contributed by atoms with E-state index in [1.54, 1.807) is 6.20 Å². The standard InChI is InChI=1S/C19H22N6O/c1-12-22-19(13-6-7-17-16(10-13)20-8-9-26-17)25(24-12)18-11-21-14-4-2-3-5-15(14)23-18/h2-5,11,13,16-17,20H,6-10H2,1H3/t13-,16+,17+/m0/s1. The highest BCUT2D eigenvalue weighted by Gasteiger charge is 2.36. The van der Waals surface area contributed by atoms with Crippen molar-refractivity contribution in [2.45, 2.75) is 44.2 Å². The van der Waals surface area contributed by atoms with Gasteiger partial charge in [0.15, 0.2) is 5.82 Å². The van der Waals surface area contributed by atoms with Gasteiger partial charge >= 0.3 is 0 Å². The maximum Gasteiger partial charge on any atom is 0.174 e. The SMILES string of the molecule is Cc1nc([C@H]2CC[C@H]3OCCN[C@@H]3C2)n(-c2cnc3ccccc3n2)n1. The van der Waals surface area contributed by atoms with Gasteiger partial charge in [-0.05, 0) is 38.3 Å². The molecule has 1 N–H and O–H groups in total. The fourth-order valence-electron chi connectivity index (χ4n) is 4.16. The molecule has 134 valence electrons. The van der Waals surface area contributed by atoms with Crippen LogP contribution in [0, 0.1) is 6.92 Å². The number of aromatic nitrogens is 5. The van der Waals surface area contributed by atoms with Gasteiger partial charge in [0.05, 0.1) is 29.9 Å². The van der Waals surface area contributed by atoms with E-state index in [0.29, 0.717) is 18.1 Å². The zero-order valence-electron chi connectivity index (χ0n) is 14.8. The van der Waals surface area contributed by atoms with Crippen molar-refractivity contribution in [1.82, 2.24) is 30.0 Å². The highest BCUT2D eigenvalue weighted by molar-refractivity contribution is 5.74. The van der Waals surface area contributed by atoms with E-state index in [9.17, 15) is 0 Å². The van der Waals surface area contributed by atoms with Crippen LogP contribution in [0.4, 0.5) is 0 Å². The molecule has 3 heterocycles. The van der Waals surface area contributed by atoms with Crippen molar-refractivity contribution in [2.75, 3.05) is 13.2 Å². The van der Waals surface area contributed by atoms with Gasteiger partial charge in [0.2, 0.25) is 0 Å². The second-order valence-electron chi connectivity index (χ2n) is 7.13. The number of hydrogen-bond donors (Lipinski definition) is 1. The zero-order chi connectivity index (χ0) is 17.5.